The van der Waals surface area contributed by atoms with E-state index >= 15 is 0 Å². The molecule has 33 heavy (non-hydrogen) atoms. The van der Waals surface area contributed by atoms with Crippen molar-refractivity contribution in [1.82, 2.24) is 29.6 Å². The molecule has 2 aromatic carbocycles. The molecule has 0 spiro atoms. The Morgan fingerprint density at radius 2 is 1.85 bits per heavy atom. The van der Waals surface area contributed by atoms with Gasteiger partial charge in [-0.1, -0.05) is 23.9 Å². The SMILES string of the molecule is C[C@@H](NC(=O)c1ccc(NC(=O)CSc2nccn2C)cc1)c1ccc(-n2cncn2)cc1. The molecule has 10 heteroatoms. The van der Waals surface area contributed by atoms with Crippen LogP contribution in [0.4, 0.5) is 5.69 Å². The maximum Gasteiger partial charge on any atom is 0.251 e. The summed E-state index contributed by atoms with van der Waals surface area (Å²) < 4.78 is 3.53. The molecule has 4 aromatic rings. The lowest BCUT2D eigenvalue weighted by Gasteiger charge is -2.15. The Hall–Kier alpha value is -3.92. The average Bonchev–Trinajstić information content (AvgIpc) is 3.50. The number of nitrogens with zero attached hydrogens (tertiary/aromatic N) is 5. The fourth-order valence-corrected chi connectivity index (χ4v) is 3.88. The Morgan fingerprint density at radius 1 is 1.09 bits per heavy atom. The van der Waals surface area contributed by atoms with Gasteiger partial charge in [-0.3, -0.25) is 9.59 Å². The zero-order valence-corrected chi connectivity index (χ0v) is 19.0. The minimum Gasteiger partial charge on any atom is -0.346 e. The number of amides is 2. The highest BCUT2D eigenvalue weighted by atomic mass is 32.2. The highest BCUT2D eigenvalue weighted by Gasteiger charge is 2.13. The molecule has 2 aromatic heterocycles. The Morgan fingerprint density at radius 3 is 2.48 bits per heavy atom. The van der Waals surface area contributed by atoms with Crippen LogP contribution in [0.3, 0.4) is 0 Å². The second kappa shape index (κ2) is 10.1. The van der Waals surface area contributed by atoms with E-state index in [1.165, 1.54) is 18.1 Å². The van der Waals surface area contributed by atoms with Crippen LogP contribution in [0, 0.1) is 0 Å². The first kappa shape index (κ1) is 22.3. The van der Waals surface area contributed by atoms with Crippen LogP contribution in [0.25, 0.3) is 5.69 Å². The molecule has 168 valence electrons. The van der Waals surface area contributed by atoms with Crippen molar-refractivity contribution in [3.05, 3.63) is 84.7 Å². The largest absolute Gasteiger partial charge is 0.346 e. The van der Waals surface area contributed by atoms with Gasteiger partial charge < -0.3 is 15.2 Å². The normalized spacial score (nSPS) is 11.7. The smallest absolute Gasteiger partial charge is 0.251 e. The van der Waals surface area contributed by atoms with Crippen LogP contribution in [0.1, 0.15) is 28.9 Å². The topological polar surface area (TPSA) is 107 Å². The van der Waals surface area contributed by atoms with Gasteiger partial charge in [0.25, 0.3) is 5.91 Å². The summed E-state index contributed by atoms with van der Waals surface area (Å²) >= 11 is 1.36. The second-order valence-electron chi connectivity index (χ2n) is 7.36. The van der Waals surface area contributed by atoms with Gasteiger partial charge in [0, 0.05) is 30.7 Å². The third-order valence-corrected chi connectivity index (χ3v) is 6.02. The molecule has 2 N–H and O–H groups in total. The van der Waals surface area contributed by atoms with E-state index < -0.39 is 0 Å². The fourth-order valence-electron chi connectivity index (χ4n) is 3.14. The quantitative estimate of drug-likeness (QED) is 0.390. The van der Waals surface area contributed by atoms with Gasteiger partial charge in [0.15, 0.2) is 5.16 Å². The molecule has 2 heterocycles. The molecule has 0 saturated carbocycles. The fraction of sp³-hybridized carbons (Fsp3) is 0.174. The number of carbonyl (C=O) groups excluding carboxylic acids is 2. The van der Waals surface area contributed by atoms with E-state index in [0.29, 0.717) is 11.3 Å². The van der Waals surface area contributed by atoms with Crippen molar-refractivity contribution in [2.75, 3.05) is 11.1 Å². The lowest BCUT2D eigenvalue weighted by molar-refractivity contribution is -0.113. The van der Waals surface area contributed by atoms with E-state index in [1.54, 1.807) is 41.5 Å². The number of aryl methyl sites for hydroxylation is 1. The summed E-state index contributed by atoms with van der Waals surface area (Å²) in [6.45, 7) is 1.93. The summed E-state index contributed by atoms with van der Waals surface area (Å²) in [5.74, 6) is -0.0745. The number of benzene rings is 2. The van der Waals surface area contributed by atoms with Gasteiger partial charge in [0.1, 0.15) is 12.7 Å². The number of nitrogens with one attached hydrogen (secondary N) is 2. The third kappa shape index (κ3) is 5.66. The van der Waals surface area contributed by atoms with Gasteiger partial charge in [0.05, 0.1) is 17.5 Å². The van der Waals surface area contributed by atoms with E-state index in [4.69, 9.17) is 0 Å². The average molecular weight is 462 g/mol. The summed E-state index contributed by atoms with van der Waals surface area (Å²) in [6, 6.07) is 14.4. The maximum atomic E-state index is 12.6. The summed E-state index contributed by atoms with van der Waals surface area (Å²) in [6.07, 6.45) is 6.64. The molecule has 9 nitrogen and oxygen atoms in total. The summed E-state index contributed by atoms with van der Waals surface area (Å²) in [5, 5.41) is 10.7. The molecule has 0 aliphatic heterocycles. The number of rotatable bonds is 8. The molecule has 1 atom stereocenters. The van der Waals surface area contributed by atoms with Crippen molar-refractivity contribution in [2.45, 2.75) is 18.1 Å². The number of hydrogen-bond donors (Lipinski definition) is 2. The van der Waals surface area contributed by atoms with E-state index in [1.807, 2.05) is 49.0 Å². The Kier molecular flexibility index (Phi) is 6.84. The van der Waals surface area contributed by atoms with Gasteiger partial charge >= 0.3 is 0 Å². The highest BCUT2D eigenvalue weighted by molar-refractivity contribution is 7.99. The van der Waals surface area contributed by atoms with E-state index in [2.05, 4.69) is 25.7 Å². The molecule has 0 aliphatic rings. The molecular formula is C23H23N7O2S. The third-order valence-electron chi connectivity index (χ3n) is 4.96. The van der Waals surface area contributed by atoms with Crippen LogP contribution in [-0.4, -0.2) is 41.9 Å². The highest BCUT2D eigenvalue weighted by Crippen LogP contribution is 2.18. The zero-order valence-electron chi connectivity index (χ0n) is 18.2. The molecule has 0 aliphatic carbocycles. The van der Waals surface area contributed by atoms with Crippen LogP contribution in [0.5, 0.6) is 0 Å². The van der Waals surface area contributed by atoms with Crippen LogP contribution in [-0.2, 0) is 11.8 Å². The monoisotopic (exact) mass is 461 g/mol. The summed E-state index contributed by atoms with van der Waals surface area (Å²) in [5.41, 5.74) is 3.02. The summed E-state index contributed by atoms with van der Waals surface area (Å²) in [7, 11) is 1.88. The number of anilines is 1. The number of aromatic nitrogens is 5. The Bertz CT molecular complexity index is 1220. The number of carbonyl (C=O) groups is 2. The van der Waals surface area contributed by atoms with Crippen molar-refractivity contribution >= 4 is 29.3 Å². The van der Waals surface area contributed by atoms with Gasteiger partial charge in [0.2, 0.25) is 5.91 Å². The van der Waals surface area contributed by atoms with Crippen molar-refractivity contribution in [1.29, 1.82) is 0 Å². The minimum atomic E-state index is -0.189. The zero-order chi connectivity index (χ0) is 23.2. The van der Waals surface area contributed by atoms with Gasteiger partial charge in [-0.05, 0) is 48.9 Å². The molecule has 0 fully saturated rings. The van der Waals surface area contributed by atoms with Crippen LogP contribution in [0.2, 0.25) is 0 Å². The molecule has 4 rings (SSSR count). The molecule has 0 radical (unpaired) electrons. The van der Waals surface area contributed by atoms with Crippen LogP contribution in [0.15, 0.2) is 78.7 Å². The molecule has 0 bridgehead atoms. The van der Waals surface area contributed by atoms with E-state index in [9.17, 15) is 9.59 Å². The van der Waals surface area contributed by atoms with Gasteiger partial charge in [-0.2, -0.15) is 5.10 Å². The van der Waals surface area contributed by atoms with Gasteiger partial charge in [-0.25, -0.2) is 14.6 Å². The first-order chi connectivity index (χ1) is 16.0. The van der Waals surface area contributed by atoms with E-state index in [0.717, 1.165) is 16.4 Å². The number of thioether (sulfide) groups is 1. The maximum absolute atomic E-state index is 12.6. The number of hydrogen-bond acceptors (Lipinski definition) is 6. The van der Waals surface area contributed by atoms with Crippen molar-refractivity contribution in [3.63, 3.8) is 0 Å². The second-order valence-corrected chi connectivity index (χ2v) is 8.30. The Labute approximate surface area is 195 Å². The number of imidazole rings is 1. The van der Waals surface area contributed by atoms with Crippen LogP contribution >= 0.6 is 11.8 Å². The first-order valence-corrected chi connectivity index (χ1v) is 11.2. The lowest BCUT2D eigenvalue weighted by Crippen LogP contribution is -2.26. The predicted octanol–water partition coefficient (Wildman–Crippen LogP) is 3.22. The standard InChI is InChI=1S/C23H23N7O2S/c1-16(17-5-9-20(10-6-17)30-15-24-14-26-30)27-22(32)18-3-7-19(8-4-18)28-21(31)13-33-23-25-11-12-29(23)2/h3-12,14-16H,13H2,1-2H3,(H,27,32)(H,28,31)/t16-/m1/s1. The summed E-state index contributed by atoms with van der Waals surface area (Å²) in [4.78, 5) is 33.0. The molecule has 0 unspecified atom stereocenters. The van der Waals surface area contributed by atoms with Crippen molar-refractivity contribution in [2.24, 2.45) is 7.05 Å². The Balaban J connectivity index is 1.29. The molecule has 2 amide bonds. The predicted molar refractivity (Wildman–Crippen MR) is 126 cm³/mol. The minimum absolute atomic E-state index is 0.136. The molecule has 0 saturated heterocycles. The molecular weight excluding hydrogens is 438 g/mol. The van der Waals surface area contributed by atoms with Crippen molar-refractivity contribution < 1.29 is 9.59 Å². The lowest BCUT2D eigenvalue weighted by atomic mass is 10.1. The van der Waals surface area contributed by atoms with Crippen LogP contribution < -0.4 is 10.6 Å². The first-order valence-electron chi connectivity index (χ1n) is 10.3. The van der Waals surface area contributed by atoms with E-state index in [-0.39, 0.29) is 23.6 Å². The van der Waals surface area contributed by atoms with Crippen molar-refractivity contribution in [3.8, 4) is 5.69 Å². The van der Waals surface area contributed by atoms with Gasteiger partial charge in [-0.15, -0.1) is 0 Å².